The zero-order valence-corrected chi connectivity index (χ0v) is 7.14. The SMILES string of the molecule is CCC#CCN1CC[N]CC1. The van der Waals surface area contributed by atoms with Crippen molar-refractivity contribution in [2.24, 2.45) is 0 Å². The van der Waals surface area contributed by atoms with Gasteiger partial charge in [-0.1, -0.05) is 12.8 Å². The molecule has 0 amide bonds. The van der Waals surface area contributed by atoms with E-state index in [-0.39, 0.29) is 0 Å². The molecular weight excluding hydrogens is 136 g/mol. The summed E-state index contributed by atoms with van der Waals surface area (Å²) in [6, 6.07) is 0. The van der Waals surface area contributed by atoms with Gasteiger partial charge in [0.15, 0.2) is 0 Å². The molecule has 0 atom stereocenters. The Balaban J connectivity index is 2.14. The molecular formula is C9H15N2. The topological polar surface area (TPSA) is 17.3 Å². The molecule has 1 saturated heterocycles. The molecule has 1 heterocycles. The smallest absolute Gasteiger partial charge is 0.0602 e. The third-order valence-corrected chi connectivity index (χ3v) is 1.75. The van der Waals surface area contributed by atoms with Crippen molar-refractivity contribution in [2.45, 2.75) is 13.3 Å². The zero-order chi connectivity index (χ0) is 7.94. The Kier molecular flexibility index (Phi) is 4.03. The van der Waals surface area contributed by atoms with E-state index in [2.05, 4.69) is 29.0 Å². The lowest BCUT2D eigenvalue weighted by Crippen LogP contribution is -2.40. The Morgan fingerprint density at radius 2 is 2.00 bits per heavy atom. The van der Waals surface area contributed by atoms with E-state index >= 15 is 0 Å². The van der Waals surface area contributed by atoms with Crippen LogP contribution in [0, 0.1) is 11.8 Å². The molecule has 1 fully saturated rings. The Hall–Kier alpha value is -0.520. The zero-order valence-electron chi connectivity index (χ0n) is 7.14. The van der Waals surface area contributed by atoms with E-state index in [1.807, 2.05) is 0 Å². The molecule has 1 radical (unpaired) electrons. The number of rotatable bonds is 1. The third-order valence-electron chi connectivity index (χ3n) is 1.75. The molecule has 11 heavy (non-hydrogen) atoms. The fourth-order valence-corrected chi connectivity index (χ4v) is 1.10. The minimum absolute atomic E-state index is 0.934. The minimum atomic E-state index is 0.934. The van der Waals surface area contributed by atoms with Crippen molar-refractivity contribution in [1.82, 2.24) is 10.2 Å². The highest BCUT2D eigenvalue weighted by Gasteiger charge is 2.07. The summed E-state index contributed by atoms with van der Waals surface area (Å²) >= 11 is 0. The quantitative estimate of drug-likeness (QED) is 0.493. The first kappa shape index (κ1) is 8.58. The van der Waals surface area contributed by atoms with Gasteiger partial charge >= 0.3 is 0 Å². The third kappa shape index (κ3) is 3.41. The Labute approximate surface area is 69.0 Å². The van der Waals surface area contributed by atoms with Crippen molar-refractivity contribution in [3.63, 3.8) is 0 Å². The highest BCUT2D eigenvalue weighted by molar-refractivity contribution is 5.00. The molecule has 0 aromatic rings. The lowest BCUT2D eigenvalue weighted by atomic mass is 10.3. The molecule has 0 unspecified atom stereocenters. The molecule has 0 aromatic heterocycles. The molecule has 1 rings (SSSR count). The van der Waals surface area contributed by atoms with Gasteiger partial charge in [-0.05, 0) is 0 Å². The average molecular weight is 151 g/mol. The van der Waals surface area contributed by atoms with Gasteiger partial charge < -0.3 is 0 Å². The Morgan fingerprint density at radius 3 is 2.64 bits per heavy atom. The predicted molar refractivity (Wildman–Crippen MR) is 46.4 cm³/mol. The molecule has 2 heteroatoms. The molecule has 0 N–H and O–H groups in total. The number of hydrogen-bond acceptors (Lipinski definition) is 1. The van der Waals surface area contributed by atoms with E-state index in [1.165, 1.54) is 0 Å². The van der Waals surface area contributed by atoms with Crippen LogP contribution in [-0.2, 0) is 0 Å². The molecule has 0 spiro atoms. The number of hydrogen-bond donors (Lipinski definition) is 0. The van der Waals surface area contributed by atoms with Gasteiger partial charge in [-0.15, -0.1) is 5.92 Å². The van der Waals surface area contributed by atoms with Crippen LogP contribution in [0.25, 0.3) is 0 Å². The maximum absolute atomic E-state index is 4.27. The summed E-state index contributed by atoms with van der Waals surface area (Å²) < 4.78 is 0. The van der Waals surface area contributed by atoms with Crippen molar-refractivity contribution in [3.05, 3.63) is 0 Å². The lowest BCUT2D eigenvalue weighted by molar-refractivity contribution is 0.265. The maximum atomic E-state index is 4.27. The summed E-state index contributed by atoms with van der Waals surface area (Å²) in [7, 11) is 0. The van der Waals surface area contributed by atoms with E-state index in [0.717, 1.165) is 39.1 Å². The van der Waals surface area contributed by atoms with Gasteiger partial charge in [-0.3, -0.25) is 4.90 Å². The summed E-state index contributed by atoms with van der Waals surface area (Å²) in [5.74, 6) is 6.21. The van der Waals surface area contributed by atoms with Crippen molar-refractivity contribution in [1.29, 1.82) is 0 Å². The first-order valence-electron chi connectivity index (χ1n) is 4.25. The fourth-order valence-electron chi connectivity index (χ4n) is 1.10. The standard InChI is InChI=1S/C9H15N2/c1-2-3-4-7-11-8-5-10-6-9-11/h2,5-9H2,1H3. The van der Waals surface area contributed by atoms with Gasteiger partial charge in [0.25, 0.3) is 0 Å². The van der Waals surface area contributed by atoms with E-state index < -0.39 is 0 Å². The van der Waals surface area contributed by atoms with Crippen LogP contribution in [-0.4, -0.2) is 37.6 Å². The summed E-state index contributed by atoms with van der Waals surface area (Å²) in [6.45, 7) is 7.19. The fraction of sp³-hybridized carbons (Fsp3) is 0.778. The lowest BCUT2D eigenvalue weighted by Gasteiger charge is -2.23. The predicted octanol–water partition coefficient (Wildman–Crippen LogP) is 0.320. The van der Waals surface area contributed by atoms with Gasteiger partial charge in [0.2, 0.25) is 0 Å². The normalized spacial score (nSPS) is 19.0. The Morgan fingerprint density at radius 1 is 1.27 bits per heavy atom. The molecule has 0 bridgehead atoms. The Bertz CT molecular complexity index is 149. The molecule has 1 aliphatic heterocycles. The summed E-state index contributed by atoms with van der Waals surface area (Å²) in [4.78, 5) is 2.36. The molecule has 2 nitrogen and oxygen atoms in total. The van der Waals surface area contributed by atoms with Gasteiger partial charge in [-0.2, -0.15) is 0 Å². The average Bonchev–Trinajstić information content (AvgIpc) is 2.07. The second kappa shape index (κ2) is 5.17. The first-order valence-corrected chi connectivity index (χ1v) is 4.25. The minimum Gasteiger partial charge on any atom is -0.290 e. The van der Waals surface area contributed by atoms with Crippen LogP contribution in [0.1, 0.15) is 13.3 Å². The van der Waals surface area contributed by atoms with Crippen LogP contribution in [0.3, 0.4) is 0 Å². The van der Waals surface area contributed by atoms with E-state index in [1.54, 1.807) is 0 Å². The summed E-state index contributed by atoms with van der Waals surface area (Å²) in [5.41, 5.74) is 0. The second-order valence-electron chi connectivity index (χ2n) is 2.65. The number of nitrogens with zero attached hydrogens (tertiary/aromatic N) is 2. The van der Waals surface area contributed by atoms with Crippen LogP contribution in [0.15, 0.2) is 0 Å². The van der Waals surface area contributed by atoms with Crippen molar-refractivity contribution >= 4 is 0 Å². The van der Waals surface area contributed by atoms with Crippen LogP contribution < -0.4 is 5.32 Å². The van der Waals surface area contributed by atoms with Crippen molar-refractivity contribution in [2.75, 3.05) is 32.7 Å². The summed E-state index contributed by atoms with van der Waals surface area (Å²) in [5, 5.41) is 4.27. The molecule has 61 valence electrons. The second-order valence-corrected chi connectivity index (χ2v) is 2.65. The van der Waals surface area contributed by atoms with Crippen molar-refractivity contribution in [3.8, 4) is 11.8 Å². The molecule has 1 aliphatic rings. The van der Waals surface area contributed by atoms with Crippen molar-refractivity contribution < 1.29 is 0 Å². The molecule has 0 saturated carbocycles. The van der Waals surface area contributed by atoms with Gasteiger partial charge in [-0.25, -0.2) is 5.32 Å². The van der Waals surface area contributed by atoms with Crippen LogP contribution in [0.4, 0.5) is 0 Å². The summed E-state index contributed by atoms with van der Waals surface area (Å²) in [6.07, 6.45) is 0.970. The van der Waals surface area contributed by atoms with Gasteiger partial charge in [0, 0.05) is 32.6 Å². The van der Waals surface area contributed by atoms with E-state index in [0.29, 0.717) is 0 Å². The number of piperazine rings is 1. The van der Waals surface area contributed by atoms with Crippen LogP contribution in [0.2, 0.25) is 0 Å². The van der Waals surface area contributed by atoms with E-state index in [9.17, 15) is 0 Å². The largest absolute Gasteiger partial charge is 0.290 e. The highest BCUT2D eigenvalue weighted by Crippen LogP contribution is 1.90. The highest BCUT2D eigenvalue weighted by atomic mass is 15.2. The van der Waals surface area contributed by atoms with Gasteiger partial charge in [0.05, 0.1) is 6.54 Å². The van der Waals surface area contributed by atoms with Gasteiger partial charge in [0.1, 0.15) is 0 Å². The maximum Gasteiger partial charge on any atom is 0.0602 e. The van der Waals surface area contributed by atoms with E-state index in [4.69, 9.17) is 0 Å². The molecule has 0 aliphatic carbocycles. The van der Waals surface area contributed by atoms with Crippen LogP contribution in [0.5, 0.6) is 0 Å². The molecule has 0 aromatic carbocycles. The monoisotopic (exact) mass is 151 g/mol. The first-order chi connectivity index (χ1) is 5.43. The van der Waals surface area contributed by atoms with Crippen LogP contribution >= 0.6 is 0 Å².